The summed E-state index contributed by atoms with van der Waals surface area (Å²) in [4.78, 5) is 21.3. The number of carbonyl (C=O) groups is 1. The highest BCUT2D eigenvalue weighted by Crippen LogP contribution is 2.36. The first-order chi connectivity index (χ1) is 11.2. The average Bonchev–Trinajstić information content (AvgIpc) is 2.59. The van der Waals surface area contributed by atoms with Gasteiger partial charge in [0.25, 0.3) is 0 Å². The maximum Gasteiger partial charge on any atom is 0.320 e. The normalized spacial score (nSPS) is 13.6. The molecule has 3 aromatic rings. The molecule has 0 saturated carbocycles. The summed E-state index contributed by atoms with van der Waals surface area (Å²) in [6, 6.07) is 16.8. The Balaban J connectivity index is 2.26. The molecule has 23 heavy (non-hydrogen) atoms. The highest BCUT2D eigenvalue weighted by Gasteiger charge is 2.43. The number of para-hydroxylation sites is 2. The van der Waals surface area contributed by atoms with Gasteiger partial charge in [0.05, 0.1) is 22.9 Å². The maximum atomic E-state index is 12.3. The highest BCUT2D eigenvalue weighted by molar-refractivity contribution is 5.86. The quantitative estimate of drug-likeness (QED) is 0.778. The Morgan fingerprint density at radius 1 is 1.04 bits per heavy atom. The number of aromatic nitrogens is 2. The van der Waals surface area contributed by atoms with Crippen LogP contribution in [0.3, 0.4) is 0 Å². The lowest BCUT2D eigenvalue weighted by Gasteiger charge is -2.29. The minimum absolute atomic E-state index is 0.472. The van der Waals surface area contributed by atoms with Crippen LogP contribution in [0, 0.1) is 0 Å². The molecule has 0 bridgehead atoms. The van der Waals surface area contributed by atoms with Crippen LogP contribution in [0.5, 0.6) is 0 Å². The second-order valence-corrected chi connectivity index (χ2v) is 5.57. The fourth-order valence-corrected chi connectivity index (χ4v) is 3.02. The van der Waals surface area contributed by atoms with Gasteiger partial charge in [-0.2, -0.15) is 0 Å². The van der Waals surface area contributed by atoms with E-state index in [4.69, 9.17) is 0 Å². The number of carboxylic acid groups (broad SMARTS) is 1. The molecular formula is C19H18N2O2. The molecule has 0 amide bonds. The summed E-state index contributed by atoms with van der Waals surface area (Å²) in [7, 11) is 0. The molecule has 0 fully saturated rings. The van der Waals surface area contributed by atoms with Crippen molar-refractivity contribution in [3.05, 3.63) is 72.1 Å². The smallest absolute Gasteiger partial charge is 0.320 e. The fraction of sp³-hybridized carbons (Fsp3) is 0.211. The van der Waals surface area contributed by atoms with E-state index in [-0.39, 0.29) is 0 Å². The van der Waals surface area contributed by atoms with Crippen LogP contribution in [0.1, 0.15) is 31.0 Å². The van der Waals surface area contributed by atoms with Crippen molar-refractivity contribution in [2.45, 2.75) is 25.2 Å². The third-order valence-corrected chi connectivity index (χ3v) is 4.14. The lowest BCUT2D eigenvalue weighted by molar-refractivity contribution is -0.142. The van der Waals surface area contributed by atoms with Crippen molar-refractivity contribution >= 4 is 17.0 Å². The SMILES string of the molecule is CCCC(C(=O)O)(c1ccccc1)c1cnc2ccccc2n1. The Hall–Kier alpha value is -2.75. The van der Waals surface area contributed by atoms with Crippen molar-refractivity contribution < 1.29 is 9.90 Å². The molecule has 4 heteroatoms. The molecule has 116 valence electrons. The van der Waals surface area contributed by atoms with Gasteiger partial charge >= 0.3 is 5.97 Å². The maximum absolute atomic E-state index is 12.3. The number of hydrogen-bond acceptors (Lipinski definition) is 3. The molecule has 1 heterocycles. The summed E-state index contributed by atoms with van der Waals surface area (Å²) >= 11 is 0. The number of rotatable bonds is 5. The Labute approximate surface area is 134 Å². The molecule has 1 atom stereocenters. The molecule has 1 N–H and O–H groups in total. The van der Waals surface area contributed by atoms with Gasteiger partial charge in [-0.1, -0.05) is 55.8 Å². The van der Waals surface area contributed by atoms with Crippen LogP contribution in [0.2, 0.25) is 0 Å². The zero-order valence-electron chi connectivity index (χ0n) is 12.9. The van der Waals surface area contributed by atoms with Gasteiger partial charge in [-0.05, 0) is 24.1 Å². The Morgan fingerprint density at radius 3 is 2.35 bits per heavy atom. The van der Waals surface area contributed by atoms with Crippen LogP contribution >= 0.6 is 0 Å². The first kappa shape index (κ1) is 15.2. The van der Waals surface area contributed by atoms with E-state index in [1.807, 2.05) is 61.5 Å². The molecule has 0 spiro atoms. The highest BCUT2D eigenvalue weighted by atomic mass is 16.4. The standard InChI is InChI=1S/C19H18N2O2/c1-2-12-19(18(22)23,14-8-4-3-5-9-14)17-13-20-15-10-6-7-11-16(15)21-17/h3-11,13H,2,12H2,1H3,(H,22,23). The number of nitrogens with zero attached hydrogens (tertiary/aromatic N) is 2. The topological polar surface area (TPSA) is 63.1 Å². The second-order valence-electron chi connectivity index (χ2n) is 5.57. The van der Waals surface area contributed by atoms with Crippen molar-refractivity contribution in [1.82, 2.24) is 9.97 Å². The summed E-state index contributed by atoms with van der Waals surface area (Å²) in [5.74, 6) is -0.893. The molecule has 4 nitrogen and oxygen atoms in total. The van der Waals surface area contributed by atoms with E-state index in [0.29, 0.717) is 17.6 Å². The van der Waals surface area contributed by atoms with Crippen LogP contribution in [-0.4, -0.2) is 21.0 Å². The third kappa shape index (κ3) is 2.57. The first-order valence-corrected chi connectivity index (χ1v) is 7.69. The van der Waals surface area contributed by atoms with E-state index in [0.717, 1.165) is 17.5 Å². The van der Waals surface area contributed by atoms with Gasteiger partial charge in [-0.15, -0.1) is 0 Å². The van der Waals surface area contributed by atoms with Gasteiger partial charge in [-0.3, -0.25) is 9.78 Å². The van der Waals surface area contributed by atoms with Crippen LogP contribution in [0.15, 0.2) is 60.8 Å². The van der Waals surface area contributed by atoms with E-state index in [1.165, 1.54) is 0 Å². The summed E-state index contributed by atoms with van der Waals surface area (Å²) in [5, 5.41) is 10.1. The summed E-state index contributed by atoms with van der Waals surface area (Å²) in [6.07, 6.45) is 2.80. The first-order valence-electron chi connectivity index (χ1n) is 7.69. The van der Waals surface area contributed by atoms with E-state index < -0.39 is 11.4 Å². The number of benzene rings is 2. The molecule has 0 radical (unpaired) electrons. The monoisotopic (exact) mass is 306 g/mol. The Kier molecular flexibility index (Phi) is 4.06. The van der Waals surface area contributed by atoms with Gasteiger partial charge in [0.15, 0.2) is 0 Å². The van der Waals surface area contributed by atoms with E-state index in [1.54, 1.807) is 6.20 Å². The minimum atomic E-state index is -1.17. The predicted octanol–water partition coefficient (Wildman–Crippen LogP) is 3.80. The molecule has 2 aromatic carbocycles. The average molecular weight is 306 g/mol. The molecule has 0 aliphatic rings. The second kappa shape index (κ2) is 6.16. The van der Waals surface area contributed by atoms with Crippen molar-refractivity contribution in [3.8, 4) is 0 Å². The third-order valence-electron chi connectivity index (χ3n) is 4.14. The summed E-state index contributed by atoms with van der Waals surface area (Å²) in [6.45, 7) is 1.98. The number of fused-ring (bicyclic) bond motifs is 1. The van der Waals surface area contributed by atoms with Gasteiger partial charge in [-0.25, -0.2) is 4.98 Å². The van der Waals surface area contributed by atoms with Crippen LogP contribution in [0.4, 0.5) is 0 Å². The van der Waals surface area contributed by atoms with Gasteiger partial charge < -0.3 is 5.11 Å². The molecule has 1 aromatic heterocycles. The van der Waals surface area contributed by atoms with Gasteiger partial charge in [0, 0.05) is 0 Å². The lowest BCUT2D eigenvalue weighted by atomic mass is 9.74. The molecule has 3 rings (SSSR count). The molecule has 1 unspecified atom stereocenters. The van der Waals surface area contributed by atoms with E-state index in [2.05, 4.69) is 9.97 Å². The largest absolute Gasteiger partial charge is 0.480 e. The lowest BCUT2D eigenvalue weighted by Crippen LogP contribution is -2.38. The number of aliphatic carboxylic acids is 1. The van der Waals surface area contributed by atoms with Crippen molar-refractivity contribution in [1.29, 1.82) is 0 Å². The van der Waals surface area contributed by atoms with Crippen LogP contribution in [-0.2, 0) is 10.2 Å². The zero-order valence-corrected chi connectivity index (χ0v) is 12.9. The van der Waals surface area contributed by atoms with E-state index in [9.17, 15) is 9.90 Å². The minimum Gasteiger partial charge on any atom is -0.480 e. The molecule has 0 saturated heterocycles. The van der Waals surface area contributed by atoms with Crippen molar-refractivity contribution in [3.63, 3.8) is 0 Å². The molecule has 0 aliphatic heterocycles. The summed E-state index contributed by atoms with van der Waals surface area (Å²) < 4.78 is 0. The summed E-state index contributed by atoms with van der Waals surface area (Å²) in [5.41, 5.74) is 1.52. The van der Waals surface area contributed by atoms with Crippen LogP contribution in [0.25, 0.3) is 11.0 Å². The number of hydrogen-bond donors (Lipinski definition) is 1. The molecule has 0 aliphatic carbocycles. The van der Waals surface area contributed by atoms with Crippen LogP contribution < -0.4 is 0 Å². The van der Waals surface area contributed by atoms with Gasteiger partial charge in [0.1, 0.15) is 5.41 Å². The zero-order chi connectivity index (χ0) is 16.3. The fourth-order valence-electron chi connectivity index (χ4n) is 3.02. The molecular weight excluding hydrogens is 288 g/mol. The predicted molar refractivity (Wildman–Crippen MR) is 89.3 cm³/mol. The van der Waals surface area contributed by atoms with Crippen molar-refractivity contribution in [2.24, 2.45) is 0 Å². The van der Waals surface area contributed by atoms with Crippen molar-refractivity contribution in [2.75, 3.05) is 0 Å². The number of carboxylic acids is 1. The van der Waals surface area contributed by atoms with Gasteiger partial charge in [0.2, 0.25) is 0 Å². The Morgan fingerprint density at radius 2 is 1.70 bits per heavy atom. The Bertz CT molecular complexity index is 833. The van der Waals surface area contributed by atoms with E-state index >= 15 is 0 Å².